The molecule has 1 aliphatic rings. The summed E-state index contributed by atoms with van der Waals surface area (Å²) in [7, 11) is 0. The summed E-state index contributed by atoms with van der Waals surface area (Å²) in [5.74, 6) is -0.903. The summed E-state index contributed by atoms with van der Waals surface area (Å²) in [6.45, 7) is 0.265. The van der Waals surface area contributed by atoms with E-state index in [0.717, 1.165) is 17.7 Å². The molecular formula is C16H14N2O4. The van der Waals surface area contributed by atoms with Crippen molar-refractivity contribution >= 4 is 17.6 Å². The molecule has 1 amide bonds. The zero-order valence-electron chi connectivity index (χ0n) is 11.7. The second kappa shape index (κ2) is 5.85. The van der Waals surface area contributed by atoms with Crippen molar-refractivity contribution in [3.05, 3.63) is 64.1 Å². The van der Waals surface area contributed by atoms with E-state index in [4.69, 9.17) is 4.74 Å². The fourth-order valence-corrected chi connectivity index (χ4v) is 2.42. The molecular weight excluding hydrogens is 284 g/mol. The van der Waals surface area contributed by atoms with Crippen molar-refractivity contribution in [1.82, 2.24) is 4.98 Å². The monoisotopic (exact) mass is 298 g/mol. The van der Waals surface area contributed by atoms with Crippen LogP contribution in [0.5, 0.6) is 0 Å². The molecule has 1 aromatic carbocycles. The number of benzene rings is 1. The summed E-state index contributed by atoms with van der Waals surface area (Å²) in [6.07, 6.45) is 2.07. The normalized spacial score (nSPS) is 12.8. The molecule has 0 radical (unpaired) electrons. The number of amides is 1. The Kier molecular flexibility index (Phi) is 3.74. The number of carbonyl (C=O) groups is 2. The first kappa shape index (κ1) is 14.1. The SMILES string of the molecule is O=C(OCC(=O)N1CCc2ccccc21)c1ccc(=O)[nH]c1. The summed E-state index contributed by atoms with van der Waals surface area (Å²) in [5.41, 5.74) is 1.88. The standard InChI is InChI=1S/C16H14N2O4/c19-14-6-5-12(9-17-14)16(21)22-10-15(20)18-8-7-11-3-1-2-4-13(11)18/h1-6,9H,7-8,10H2,(H,17,19). The minimum absolute atomic E-state index is 0.203. The summed E-state index contributed by atoms with van der Waals surface area (Å²) in [4.78, 5) is 38.9. The molecule has 0 saturated heterocycles. The minimum Gasteiger partial charge on any atom is -0.452 e. The Hall–Kier alpha value is -2.89. The van der Waals surface area contributed by atoms with Gasteiger partial charge in [-0.15, -0.1) is 0 Å². The number of para-hydroxylation sites is 1. The lowest BCUT2D eigenvalue weighted by Crippen LogP contribution is -2.33. The third-order valence-corrected chi connectivity index (χ3v) is 3.53. The minimum atomic E-state index is -0.642. The average Bonchev–Trinajstić information content (AvgIpc) is 2.97. The molecule has 1 N–H and O–H groups in total. The van der Waals surface area contributed by atoms with Crippen LogP contribution in [-0.4, -0.2) is 30.0 Å². The molecule has 0 spiro atoms. The average molecular weight is 298 g/mol. The Bertz CT molecular complexity index is 761. The van der Waals surface area contributed by atoms with Crippen LogP contribution in [0.2, 0.25) is 0 Å². The summed E-state index contributed by atoms with van der Waals surface area (Å²) in [5, 5.41) is 0. The van der Waals surface area contributed by atoms with Crippen LogP contribution in [-0.2, 0) is 16.0 Å². The number of nitrogens with zero attached hydrogens (tertiary/aromatic N) is 1. The second-order valence-electron chi connectivity index (χ2n) is 4.94. The van der Waals surface area contributed by atoms with Crippen molar-refractivity contribution in [1.29, 1.82) is 0 Å². The molecule has 0 aliphatic carbocycles. The van der Waals surface area contributed by atoms with E-state index in [2.05, 4.69) is 4.98 Å². The van der Waals surface area contributed by atoms with E-state index in [1.165, 1.54) is 18.3 Å². The molecule has 0 saturated carbocycles. The van der Waals surface area contributed by atoms with E-state index in [0.29, 0.717) is 6.54 Å². The number of H-pyrrole nitrogens is 1. The van der Waals surface area contributed by atoms with Gasteiger partial charge in [-0.2, -0.15) is 0 Å². The van der Waals surface area contributed by atoms with Gasteiger partial charge in [0.25, 0.3) is 5.91 Å². The molecule has 1 aromatic heterocycles. The van der Waals surface area contributed by atoms with Crippen molar-refractivity contribution in [2.24, 2.45) is 0 Å². The zero-order chi connectivity index (χ0) is 15.5. The Labute approximate surface area is 126 Å². The topological polar surface area (TPSA) is 79.5 Å². The molecule has 6 heteroatoms. The van der Waals surface area contributed by atoms with Crippen molar-refractivity contribution in [3.8, 4) is 0 Å². The fraction of sp³-hybridized carbons (Fsp3) is 0.188. The fourth-order valence-electron chi connectivity index (χ4n) is 2.42. The molecule has 0 unspecified atom stereocenters. The molecule has 2 heterocycles. The smallest absolute Gasteiger partial charge is 0.340 e. The third kappa shape index (κ3) is 2.76. The van der Waals surface area contributed by atoms with Gasteiger partial charge in [-0.1, -0.05) is 18.2 Å². The number of pyridine rings is 1. The van der Waals surface area contributed by atoms with Gasteiger partial charge in [-0.3, -0.25) is 9.59 Å². The highest BCUT2D eigenvalue weighted by atomic mass is 16.5. The van der Waals surface area contributed by atoms with Gasteiger partial charge in [0.2, 0.25) is 5.56 Å². The molecule has 3 rings (SSSR count). The maximum atomic E-state index is 12.2. The molecule has 112 valence electrons. The quantitative estimate of drug-likeness (QED) is 0.861. The first-order valence-corrected chi connectivity index (χ1v) is 6.89. The largest absolute Gasteiger partial charge is 0.452 e. The van der Waals surface area contributed by atoms with Gasteiger partial charge in [0, 0.05) is 24.5 Å². The van der Waals surface area contributed by atoms with Crippen molar-refractivity contribution < 1.29 is 14.3 Å². The van der Waals surface area contributed by atoms with Gasteiger partial charge in [-0.05, 0) is 24.1 Å². The van der Waals surface area contributed by atoms with Gasteiger partial charge in [-0.25, -0.2) is 4.79 Å². The molecule has 2 aromatic rings. The summed E-state index contributed by atoms with van der Waals surface area (Å²) in [6, 6.07) is 10.3. The Balaban J connectivity index is 1.62. The highest BCUT2D eigenvalue weighted by Gasteiger charge is 2.24. The number of carbonyl (C=O) groups excluding carboxylic acids is 2. The van der Waals surface area contributed by atoms with E-state index in [1.807, 2.05) is 24.3 Å². The second-order valence-corrected chi connectivity index (χ2v) is 4.94. The van der Waals surface area contributed by atoms with Gasteiger partial charge >= 0.3 is 5.97 Å². The number of hydrogen-bond acceptors (Lipinski definition) is 4. The number of anilines is 1. The first-order chi connectivity index (χ1) is 10.6. The molecule has 0 fully saturated rings. The molecule has 1 aliphatic heterocycles. The lowest BCUT2D eigenvalue weighted by Gasteiger charge is -2.17. The van der Waals surface area contributed by atoms with Crippen LogP contribution in [0.4, 0.5) is 5.69 Å². The van der Waals surface area contributed by atoms with E-state index in [1.54, 1.807) is 4.90 Å². The molecule has 0 atom stereocenters. The predicted octanol–water partition coefficient (Wildman–Crippen LogP) is 1.12. The van der Waals surface area contributed by atoms with E-state index in [-0.39, 0.29) is 23.6 Å². The Morgan fingerprint density at radius 2 is 2.00 bits per heavy atom. The van der Waals surface area contributed by atoms with E-state index >= 15 is 0 Å². The van der Waals surface area contributed by atoms with Crippen LogP contribution >= 0.6 is 0 Å². The van der Waals surface area contributed by atoms with Crippen molar-refractivity contribution in [2.75, 3.05) is 18.1 Å². The van der Waals surface area contributed by atoms with Crippen LogP contribution in [0.25, 0.3) is 0 Å². The molecule has 6 nitrogen and oxygen atoms in total. The summed E-state index contributed by atoms with van der Waals surface area (Å²) < 4.78 is 5.00. The molecule has 0 bridgehead atoms. The highest BCUT2D eigenvalue weighted by Crippen LogP contribution is 2.27. The van der Waals surface area contributed by atoms with E-state index < -0.39 is 5.97 Å². The number of hydrogen-bond donors (Lipinski definition) is 1. The molecule has 22 heavy (non-hydrogen) atoms. The van der Waals surface area contributed by atoms with Crippen LogP contribution < -0.4 is 10.5 Å². The van der Waals surface area contributed by atoms with Crippen molar-refractivity contribution in [3.63, 3.8) is 0 Å². The van der Waals surface area contributed by atoms with E-state index in [9.17, 15) is 14.4 Å². The maximum absolute atomic E-state index is 12.2. The number of rotatable bonds is 3. The van der Waals surface area contributed by atoms with Crippen LogP contribution in [0.15, 0.2) is 47.4 Å². The van der Waals surface area contributed by atoms with Crippen molar-refractivity contribution in [2.45, 2.75) is 6.42 Å². The van der Waals surface area contributed by atoms with Crippen LogP contribution in [0.1, 0.15) is 15.9 Å². The number of nitrogens with one attached hydrogen (secondary N) is 1. The summed E-state index contributed by atoms with van der Waals surface area (Å²) >= 11 is 0. The maximum Gasteiger partial charge on any atom is 0.340 e. The number of esters is 1. The van der Waals surface area contributed by atoms with Crippen LogP contribution in [0, 0.1) is 0 Å². The Morgan fingerprint density at radius 3 is 2.77 bits per heavy atom. The Morgan fingerprint density at radius 1 is 1.18 bits per heavy atom. The number of aromatic nitrogens is 1. The highest BCUT2D eigenvalue weighted by molar-refractivity contribution is 5.98. The van der Waals surface area contributed by atoms with Crippen LogP contribution in [0.3, 0.4) is 0 Å². The number of fused-ring (bicyclic) bond motifs is 1. The lowest BCUT2D eigenvalue weighted by molar-refractivity contribution is -0.121. The predicted molar refractivity (Wildman–Crippen MR) is 79.8 cm³/mol. The number of aromatic amines is 1. The van der Waals surface area contributed by atoms with Gasteiger partial charge in [0.05, 0.1) is 5.56 Å². The third-order valence-electron chi connectivity index (χ3n) is 3.53. The first-order valence-electron chi connectivity index (χ1n) is 6.89. The van der Waals surface area contributed by atoms with Gasteiger partial charge < -0.3 is 14.6 Å². The lowest BCUT2D eigenvalue weighted by atomic mass is 10.2. The number of ether oxygens (including phenoxy) is 1. The zero-order valence-corrected chi connectivity index (χ0v) is 11.7. The van der Waals surface area contributed by atoms with Gasteiger partial charge in [0.1, 0.15) is 0 Å². The van der Waals surface area contributed by atoms with Gasteiger partial charge in [0.15, 0.2) is 6.61 Å².